The van der Waals surface area contributed by atoms with E-state index in [9.17, 15) is 9.90 Å². The van der Waals surface area contributed by atoms with Gasteiger partial charge in [0.25, 0.3) is 0 Å². The lowest BCUT2D eigenvalue weighted by Gasteiger charge is -2.08. The number of fused-ring (bicyclic) bond motifs is 1. The Morgan fingerprint density at radius 2 is 2.31 bits per heavy atom. The molecule has 1 aromatic rings. The zero-order valence-corrected chi connectivity index (χ0v) is 10.2. The van der Waals surface area contributed by atoms with Crippen LogP contribution in [0.4, 0.5) is 0 Å². The van der Waals surface area contributed by atoms with Crippen LogP contribution in [-0.4, -0.2) is 18.2 Å². The third-order valence-corrected chi connectivity index (χ3v) is 4.27. The first-order valence-electron chi connectivity index (χ1n) is 5.57. The average Bonchev–Trinajstić information content (AvgIpc) is 2.72. The maximum atomic E-state index is 11.1. The minimum absolute atomic E-state index is 0.0515. The quantitative estimate of drug-likeness (QED) is 0.824. The number of methoxy groups -OCH3 is 1. The summed E-state index contributed by atoms with van der Waals surface area (Å²) in [5.74, 6) is -0.362. The Balaban J connectivity index is 2.08. The van der Waals surface area contributed by atoms with Crippen LogP contribution in [0.3, 0.4) is 0 Å². The fourth-order valence-electron chi connectivity index (χ4n) is 2.02. The number of aliphatic hydroxyl groups is 1. The van der Waals surface area contributed by atoms with Gasteiger partial charge in [0.15, 0.2) is 0 Å². The molecule has 16 heavy (non-hydrogen) atoms. The van der Waals surface area contributed by atoms with Crippen molar-refractivity contribution in [1.29, 1.82) is 0 Å². The van der Waals surface area contributed by atoms with E-state index in [0.717, 1.165) is 17.7 Å². The van der Waals surface area contributed by atoms with Crippen molar-refractivity contribution in [3.8, 4) is 0 Å². The zero-order valence-electron chi connectivity index (χ0n) is 9.36. The lowest BCUT2D eigenvalue weighted by molar-refractivity contribution is -0.142. The molecule has 0 fully saturated rings. The molecule has 1 heterocycles. The van der Waals surface area contributed by atoms with Crippen LogP contribution in [0, 0.1) is 0 Å². The molecule has 0 saturated heterocycles. The zero-order chi connectivity index (χ0) is 11.5. The topological polar surface area (TPSA) is 46.5 Å². The predicted molar refractivity (Wildman–Crippen MR) is 62.6 cm³/mol. The Kier molecular flexibility index (Phi) is 3.61. The van der Waals surface area contributed by atoms with Gasteiger partial charge in [-0.05, 0) is 37.3 Å². The molecule has 3 nitrogen and oxygen atoms in total. The number of carbonyl (C=O) groups excluding carboxylic acids is 1. The second-order valence-corrected chi connectivity index (χ2v) is 5.27. The van der Waals surface area contributed by atoms with Gasteiger partial charge in [0, 0.05) is 9.75 Å². The molecule has 88 valence electrons. The molecule has 0 spiro atoms. The number of rotatable bonds is 3. The highest BCUT2D eigenvalue weighted by Crippen LogP contribution is 2.33. The van der Waals surface area contributed by atoms with Gasteiger partial charge in [-0.15, -0.1) is 11.3 Å². The molecule has 1 atom stereocenters. The largest absolute Gasteiger partial charge is 0.469 e. The summed E-state index contributed by atoms with van der Waals surface area (Å²) in [5.41, 5.74) is 1.36. The average molecular weight is 240 g/mol. The molecule has 0 saturated carbocycles. The van der Waals surface area contributed by atoms with Crippen LogP contribution in [0.2, 0.25) is 0 Å². The van der Waals surface area contributed by atoms with Crippen molar-refractivity contribution < 1.29 is 14.6 Å². The van der Waals surface area contributed by atoms with E-state index in [-0.39, 0.29) is 12.4 Å². The highest BCUT2D eigenvalue weighted by Gasteiger charge is 2.19. The first kappa shape index (κ1) is 11.6. The molecule has 0 radical (unpaired) electrons. The van der Waals surface area contributed by atoms with Crippen LogP contribution in [0.1, 0.15) is 40.7 Å². The number of carbonyl (C=O) groups is 1. The van der Waals surface area contributed by atoms with E-state index in [1.165, 1.54) is 30.4 Å². The summed E-state index contributed by atoms with van der Waals surface area (Å²) in [6.07, 6.45) is 4.04. The molecule has 1 aliphatic rings. The molecule has 1 N–H and O–H groups in total. The number of thiophene rings is 1. The Hall–Kier alpha value is -0.870. The number of esters is 1. The molecule has 4 heteroatoms. The van der Waals surface area contributed by atoms with Crippen LogP contribution in [-0.2, 0) is 22.4 Å². The Morgan fingerprint density at radius 1 is 1.56 bits per heavy atom. The molecule has 1 aromatic heterocycles. The van der Waals surface area contributed by atoms with Gasteiger partial charge >= 0.3 is 5.97 Å². The molecule has 0 bridgehead atoms. The van der Waals surface area contributed by atoms with Gasteiger partial charge in [0.1, 0.15) is 0 Å². The second kappa shape index (κ2) is 4.97. The number of hydrogen-bond donors (Lipinski definition) is 1. The lowest BCUT2D eigenvalue weighted by atomic mass is 9.99. The minimum Gasteiger partial charge on any atom is -0.469 e. The molecular formula is C12H16O3S. The lowest BCUT2D eigenvalue weighted by Crippen LogP contribution is -2.06. The van der Waals surface area contributed by atoms with E-state index in [1.807, 2.05) is 6.07 Å². The van der Waals surface area contributed by atoms with Gasteiger partial charge in [-0.2, -0.15) is 0 Å². The molecule has 0 aromatic carbocycles. The van der Waals surface area contributed by atoms with E-state index in [2.05, 4.69) is 4.74 Å². The Morgan fingerprint density at radius 3 is 3.00 bits per heavy atom. The van der Waals surface area contributed by atoms with Gasteiger partial charge in [0.05, 0.1) is 19.6 Å². The number of ether oxygens (including phenoxy) is 1. The van der Waals surface area contributed by atoms with Gasteiger partial charge in [-0.25, -0.2) is 0 Å². The fourth-order valence-corrected chi connectivity index (χ4v) is 3.26. The van der Waals surface area contributed by atoms with Crippen molar-refractivity contribution in [2.24, 2.45) is 0 Å². The van der Waals surface area contributed by atoms with Gasteiger partial charge in [-0.3, -0.25) is 4.79 Å². The van der Waals surface area contributed by atoms with Crippen LogP contribution in [0.15, 0.2) is 6.07 Å². The fraction of sp³-hybridized carbons (Fsp3) is 0.583. The summed E-state index contributed by atoms with van der Waals surface area (Å²) < 4.78 is 4.55. The minimum atomic E-state index is -0.706. The smallest absolute Gasteiger partial charge is 0.308 e. The van der Waals surface area contributed by atoms with E-state index >= 15 is 0 Å². The SMILES string of the molecule is COC(=O)C[C@H](O)c1cc2c(s1)CCCC2. The molecule has 2 rings (SSSR count). The van der Waals surface area contributed by atoms with E-state index in [0.29, 0.717) is 0 Å². The molecule has 1 aliphatic carbocycles. The first-order valence-corrected chi connectivity index (χ1v) is 6.38. The van der Waals surface area contributed by atoms with Gasteiger partial charge in [0.2, 0.25) is 0 Å². The maximum Gasteiger partial charge on any atom is 0.308 e. The second-order valence-electron chi connectivity index (χ2n) is 4.10. The monoisotopic (exact) mass is 240 g/mol. The Bertz CT molecular complexity index is 360. The Labute approximate surface area is 99.1 Å². The highest BCUT2D eigenvalue weighted by atomic mass is 32.1. The van der Waals surface area contributed by atoms with Crippen molar-refractivity contribution in [2.75, 3.05) is 7.11 Å². The van der Waals surface area contributed by atoms with E-state index < -0.39 is 6.10 Å². The van der Waals surface area contributed by atoms with E-state index in [4.69, 9.17) is 0 Å². The summed E-state index contributed by atoms with van der Waals surface area (Å²) in [7, 11) is 1.34. The maximum absolute atomic E-state index is 11.1. The van der Waals surface area contributed by atoms with Gasteiger partial charge in [-0.1, -0.05) is 0 Å². The number of aliphatic hydroxyl groups excluding tert-OH is 1. The molecule has 0 aliphatic heterocycles. The first-order chi connectivity index (χ1) is 7.70. The number of hydrogen-bond acceptors (Lipinski definition) is 4. The molecular weight excluding hydrogens is 224 g/mol. The van der Waals surface area contributed by atoms with Crippen molar-refractivity contribution in [2.45, 2.75) is 38.2 Å². The van der Waals surface area contributed by atoms with Crippen LogP contribution in [0.5, 0.6) is 0 Å². The summed E-state index contributed by atoms with van der Waals surface area (Å²) >= 11 is 1.64. The van der Waals surface area contributed by atoms with Crippen molar-refractivity contribution in [1.82, 2.24) is 0 Å². The summed E-state index contributed by atoms with van der Waals surface area (Å²) in [6.45, 7) is 0. The van der Waals surface area contributed by atoms with Crippen molar-refractivity contribution in [3.63, 3.8) is 0 Å². The van der Waals surface area contributed by atoms with E-state index in [1.54, 1.807) is 11.3 Å². The van der Waals surface area contributed by atoms with Gasteiger partial charge < -0.3 is 9.84 Å². The summed E-state index contributed by atoms with van der Waals surface area (Å²) in [5, 5.41) is 9.88. The van der Waals surface area contributed by atoms with Crippen LogP contribution < -0.4 is 0 Å². The predicted octanol–water partition coefficient (Wildman–Crippen LogP) is 2.22. The molecule has 0 unspecified atom stereocenters. The van der Waals surface area contributed by atoms with Crippen molar-refractivity contribution >= 4 is 17.3 Å². The normalized spacial score (nSPS) is 16.6. The standard InChI is InChI=1S/C12H16O3S/c1-15-12(14)7-9(13)11-6-8-4-2-3-5-10(8)16-11/h6,9,13H,2-5,7H2,1H3/t9-/m0/s1. The number of aryl methyl sites for hydroxylation is 2. The summed E-state index contributed by atoms with van der Waals surface area (Å²) in [4.78, 5) is 13.3. The van der Waals surface area contributed by atoms with Crippen LogP contribution in [0.25, 0.3) is 0 Å². The third-order valence-electron chi connectivity index (χ3n) is 2.93. The summed E-state index contributed by atoms with van der Waals surface area (Å²) in [6, 6.07) is 2.05. The van der Waals surface area contributed by atoms with Crippen molar-refractivity contribution in [3.05, 3.63) is 21.4 Å². The third kappa shape index (κ3) is 2.44. The highest BCUT2D eigenvalue weighted by molar-refractivity contribution is 7.12. The van der Waals surface area contributed by atoms with Crippen LogP contribution >= 0.6 is 11.3 Å². The molecule has 0 amide bonds.